The number of ether oxygens (including phenoxy) is 1. The number of aliphatic hydroxyl groups excluding tert-OH is 1. The van der Waals surface area contributed by atoms with E-state index in [2.05, 4.69) is 9.72 Å². The van der Waals surface area contributed by atoms with Crippen LogP contribution in [-0.2, 0) is 16.0 Å². The van der Waals surface area contributed by atoms with Gasteiger partial charge in [0.15, 0.2) is 6.10 Å². The number of esters is 1. The highest BCUT2D eigenvalue weighted by atomic mass is 16.5. The van der Waals surface area contributed by atoms with Gasteiger partial charge in [0, 0.05) is 18.8 Å². The molecule has 1 rings (SSSR count). The van der Waals surface area contributed by atoms with Gasteiger partial charge in [-0.3, -0.25) is 4.98 Å². The normalized spacial score (nSPS) is 12.1. The van der Waals surface area contributed by atoms with Gasteiger partial charge in [0.05, 0.1) is 6.61 Å². The highest BCUT2D eigenvalue weighted by molar-refractivity contribution is 5.74. The maximum Gasteiger partial charge on any atom is 0.335 e. The number of rotatable bonds is 4. The molecule has 0 aliphatic rings. The van der Waals surface area contributed by atoms with Crippen LogP contribution in [0, 0.1) is 0 Å². The lowest BCUT2D eigenvalue weighted by atomic mass is 10.1. The molecule has 1 atom stereocenters. The fourth-order valence-corrected chi connectivity index (χ4v) is 1.06. The van der Waals surface area contributed by atoms with Crippen LogP contribution in [0.2, 0.25) is 0 Å². The van der Waals surface area contributed by atoms with Crippen LogP contribution < -0.4 is 0 Å². The molecule has 1 aromatic heterocycles. The van der Waals surface area contributed by atoms with E-state index in [1.807, 2.05) is 0 Å². The van der Waals surface area contributed by atoms with Crippen LogP contribution >= 0.6 is 0 Å². The fourth-order valence-electron chi connectivity index (χ4n) is 1.06. The van der Waals surface area contributed by atoms with Crippen molar-refractivity contribution < 1.29 is 14.6 Å². The lowest BCUT2D eigenvalue weighted by Crippen LogP contribution is -2.25. The molecule has 0 aliphatic carbocycles. The van der Waals surface area contributed by atoms with Gasteiger partial charge in [-0.15, -0.1) is 0 Å². The van der Waals surface area contributed by atoms with Gasteiger partial charge in [-0.2, -0.15) is 0 Å². The van der Waals surface area contributed by atoms with Crippen LogP contribution in [0.4, 0.5) is 0 Å². The van der Waals surface area contributed by atoms with Gasteiger partial charge in [0.1, 0.15) is 0 Å². The average Bonchev–Trinajstić information content (AvgIpc) is 2.19. The molecule has 1 unspecified atom stereocenters. The van der Waals surface area contributed by atoms with Gasteiger partial charge in [-0.05, 0) is 24.6 Å². The predicted molar refractivity (Wildman–Crippen MR) is 50.6 cm³/mol. The Morgan fingerprint density at radius 3 is 2.79 bits per heavy atom. The van der Waals surface area contributed by atoms with Crippen molar-refractivity contribution in [3.8, 4) is 0 Å². The molecule has 0 saturated carbocycles. The molecule has 1 N–H and O–H groups in total. The van der Waals surface area contributed by atoms with Crippen LogP contribution in [0.5, 0.6) is 0 Å². The van der Waals surface area contributed by atoms with E-state index in [4.69, 9.17) is 0 Å². The van der Waals surface area contributed by atoms with Crippen molar-refractivity contribution in [3.05, 3.63) is 30.1 Å². The molecule has 1 heterocycles. The van der Waals surface area contributed by atoms with E-state index in [0.29, 0.717) is 0 Å². The Bertz CT molecular complexity index is 287. The van der Waals surface area contributed by atoms with Gasteiger partial charge in [-0.1, -0.05) is 0 Å². The second-order valence-corrected chi connectivity index (χ2v) is 2.83. The summed E-state index contributed by atoms with van der Waals surface area (Å²) in [5, 5.41) is 9.41. The molecule has 0 aliphatic heterocycles. The topological polar surface area (TPSA) is 59.4 Å². The molecule has 76 valence electrons. The maximum absolute atomic E-state index is 11.1. The quantitative estimate of drug-likeness (QED) is 0.713. The number of hydrogen-bond donors (Lipinski definition) is 1. The molecule has 14 heavy (non-hydrogen) atoms. The molecule has 4 nitrogen and oxygen atoms in total. The SMILES string of the molecule is CCOC(=O)C(O)Cc1ccncc1. The zero-order valence-electron chi connectivity index (χ0n) is 8.01. The Morgan fingerprint density at radius 1 is 1.57 bits per heavy atom. The monoisotopic (exact) mass is 195 g/mol. The Morgan fingerprint density at radius 2 is 2.21 bits per heavy atom. The van der Waals surface area contributed by atoms with Crippen LogP contribution in [0.15, 0.2) is 24.5 Å². The third-order valence-electron chi connectivity index (χ3n) is 1.74. The summed E-state index contributed by atoms with van der Waals surface area (Å²) in [5.74, 6) is -0.579. The van der Waals surface area contributed by atoms with Crippen molar-refractivity contribution in [1.29, 1.82) is 0 Å². The first-order chi connectivity index (χ1) is 6.74. The number of carbonyl (C=O) groups excluding carboxylic acids is 1. The number of aromatic nitrogens is 1. The van der Waals surface area contributed by atoms with Gasteiger partial charge in [-0.25, -0.2) is 4.79 Å². The summed E-state index contributed by atoms with van der Waals surface area (Å²) >= 11 is 0. The number of hydrogen-bond acceptors (Lipinski definition) is 4. The predicted octanol–water partition coefficient (Wildman–Crippen LogP) is 0.548. The largest absolute Gasteiger partial charge is 0.464 e. The summed E-state index contributed by atoms with van der Waals surface area (Å²) in [5.41, 5.74) is 0.862. The number of pyridine rings is 1. The molecule has 4 heteroatoms. The van der Waals surface area contributed by atoms with Crippen LogP contribution in [0.25, 0.3) is 0 Å². The number of carbonyl (C=O) groups is 1. The Kier molecular flexibility index (Phi) is 4.07. The Labute approximate surface area is 82.5 Å². The van der Waals surface area contributed by atoms with Gasteiger partial charge in [0.25, 0.3) is 0 Å². The fraction of sp³-hybridized carbons (Fsp3) is 0.400. The molecule has 0 amide bonds. The first-order valence-corrected chi connectivity index (χ1v) is 4.47. The van der Waals surface area contributed by atoms with Gasteiger partial charge < -0.3 is 9.84 Å². The summed E-state index contributed by atoms with van der Waals surface area (Å²) in [6, 6.07) is 3.50. The van der Waals surface area contributed by atoms with E-state index in [0.717, 1.165) is 5.56 Å². The summed E-state index contributed by atoms with van der Waals surface area (Å²) in [6.07, 6.45) is 2.42. The van der Waals surface area contributed by atoms with Crippen molar-refractivity contribution in [1.82, 2.24) is 4.98 Å². The van der Waals surface area contributed by atoms with E-state index in [-0.39, 0.29) is 13.0 Å². The van der Waals surface area contributed by atoms with Crippen molar-refractivity contribution in [2.45, 2.75) is 19.4 Å². The van der Waals surface area contributed by atoms with Crippen LogP contribution in [-0.4, -0.2) is 28.8 Å². The second kappa shape index (κ2) is 5.34. The Hall–Kier alpha value is -1.42. The zero-order chi connectivity index (χ0) is 10.4. The minimum absolute atomic E-state index is 0.265. The minimum Gasteiger partial charge on any atom is -0.464 e. The molecular weight excluding hydrogens is 182 g/mol. The summed E-state index contributed by atoms with van der Waals surface area (Å²) in [7, 11) is 0. The van der Waals surface area contributed by atoms with Crippen LogP contribution in [0.3, 0.4) is 0 Å². The number of aliphatic hydroxyl groups is 1. The lowest BCUT2D eigenvalue weighted by molar-refractivity contribution is -0.152. The first-order valence-electron chi connectivity index (χ1n) is 4.47. The zero-order valence-corrected chi connectivity index (χ0v) is 8.01. The molecule has 0 spiro atoms. The second-order valence-electron chi connectivity index (χ2n) is 2.83. The van der Waals surface area contributed by atoms with Crippen LogP contribution in [0.1, 0.15) is 12.5 Å². The molecule has 0 fully saturated rings. The molecule has 0 bridgehead atoms. The highest BCUT2D eigenvalue weighted by Gasteiger charge is 2.16. The summed E-state index contributed by atoms with van der Waals surface area (Å²) in [6.45, 7) is 1.99. The smallest absolute Gasteiger partial charge is 0.335 e. The lowest BCUT2D eigenvalue weighted by Gasteiger charge is -2.08. The van der Waals surface area contributed by atoms with E-state index >= 15 is 0 Å². The van der Waals surface area contributed by atoms with Crippen molar-refractivity contribution in [3.63, 3.8) is 0 Å². The standard InChI is InChI=1S/C10H13NO3/c1-2-14-10(13)9(12)7-8-3-5-11-6-4-8/h3-6,9,12H,2,7H2,1H3. The third kappa shape index (κ3) is 3.14. The van der Waals surface area contributed by atoms with Crippen molar-refractivity contribution >= 4 is 5.97 Å². The van der Waals surface area contributed by atoms with E-state index in [1.165, 1.54) is 0 Å². The molecule has 1 aromatic rings. The highest BCUT2D eigenvalue weighted by Crippen LogP contribution is 2.02. The summed E-state index contributed by atoms with van der Waals surface area (Å²) < 4.78 is 4.67. The van der Waals surface area contributed by atoms with Gasteiger partial charge >= 0.3 is 5.97 Å². The molecule has 0 saturated heterocycles. The van der Waals surface area contributed by atoms with E-state index < -0.39 is 12.1 Å². The van der Waals surface area contributed by atoms with Crippen molar-refractivity contribution in [2.24, 2.45) is 0 Å². The van der Waals surface area contributed by atoms with E-state index in [1.54, 1.807) is 31.5 Å². The third-order valence-corrected chi connectivity index (χ3v) is 1.74. The molecule has 0 radical (unpaired) electrons. The number of nitrogens with zero attached hydrogens (tertiary/aromatic N) is 1. The maximum atomic E-state index is 11.1. The Balaban J connectivity index is 2.49. The minimum atomic E-state index is -1.09. The average molecular weight is 195 g/mol. The van der Waals surface area contributed by atoms with Gasteiger partial charge in [0.2, 0.25) is 0 Å². The molecular formula is C10H13NO3. The molecule has 0 aromatic carbocycles. The van der Waals surface area contributed by atoms with E-state index in [9.17, 15) is 9.90 Å². The van der Waals surface area contributed by atoms with Crippen molar-refractivity contribution in [2.75, 3.05) is 6.61 Å². The summed E-state index contributed by atoms with van der Waals surface area (Å²) in [4.78, 5) is 14.9. The first kappa shape index (κ1) is 10.7.